The molecule has 0 saturated carbocycles. The van der Waals surface area contributed by atoms with Gasteiger partial charge in [-0.15, -0.1) is 0 Å². The Morgan fingerprint density at radius 1 is 0.972 bits per heavy atom. The molecule has 0 radical (unpaired) electrons. The van der Waals surface area contributed by atoms with Crippen LogP contribution in [0.2, 0.25) is 5.02 Å². The Morgan fingerprint density at radius 3 is 2.36 bits per heavy atom. The van der Waals surface area contributed by atoms with Crippen molar-refractivity contribution in [3.63, 3.8) is 0 Å². The van der Waals surface area contributed by atoms with Crippen LogP contribution in [0, 0.1) is 6.92 Å². The number of hydrogen-bond donors (Lipinski definition) is 0. The van der Waals surface area contributed by atoms with E-state index in [1.165, 1.54) is 15.3 Å². The molecular formula is C24H21ClN6O4S. The standard InChI is InChI=1S/C24H21ClN6O4S/c1-16-10-17(4-5-26-16)19-13-27-23(28-14-19)24(33)29-6-8-30(9-7-29)36(34,35)22-12-18-11-20(25)2-3-21(18)31(22)15-32/h2-5,10-15H,6-9H2,1H3. The highest BCUT2D eigenvalue weighted by Gasteiger charge is 2.33. The van der Waals surface area contributed by atoms with Crippen LogP contribution in [-0.2, 0) is 14.8 Å². The van der Waals surface area contributed by atoms with Crippen molar-refractivity contribution in [2.75, 3.05) is 26.2 Å². The first-order chi connectivity index (χ1) is 17.3. The van der Waals surface area contributed by atoms with Gasteiger partial charge in [0.2, 0.25) is 12.2 Å². The van der Waals surface area contributed by atoms with Gasteiger partial charge in [-0.05, 0) is 48.9 Å². The predicted octanol–water partition coefficient (Wildman–Crippen LogP) is 2.64. The van der Waals surface area contributed by atoms with Crippen LogP contribution in [0.3, 0.4) is 0 Å². The van der Waals surface area contributed by atoms with Crippen molar-refractivity contribution >= 4 is 44.8 Å². The minimum absolute atomic E-state index is 0.0406. The summed E-state index contributed by atoms with van der Waals surface area (Å²) < 4.78 is 29.1. The van der Waals surface area contributed by atoms with Crippen LogP contribution >= 0.6 is 11.6 Å². The first kappa shape index (κ1) is 24.0. The van der Waals surface area contributed by atoms with Gasteiger partial charge in [0.05, 0.1) is 5.52 Å². The Bertz CT molecular complexity index is 1580. The number of hydrogen-bond acceptors (Lipinski definition) is 7. The number of carbonyl (C=O) groups excluding carboxylic acids is 2. The van der Waals surface area contributed by atoms with Gasteiger partial charge in [-0.2, -0.15) is 4.31 Å². The molecule has 0 unspecified atom stereocenters. The van der Waals surface area contributed by atoms with Crippen molar-refractivity contribution in [3.8, 4) is 11.1 Å². The van der Waals surface area contributed by atoms with Crippen molar-refractivity contribution in [2.24, 2.45) is 0 Å². The van der Waals surface area contributed by atoms with Gasteiger partial charge < -0.3 is 4.90 Å². The minimum atomic E-state index is -3.99. The number of piperazine rings is 1. The molecule has 1 saturated heterocycles. The van der Waals surface area contributed by atoms with E-state index in [-0.39, 0.29) is 42.9 Å². The lowest BCUT2D eigenvalue weighted by Gasteiger charge is -2.33. The van der Waals surface area contributed by atoms with Crippen LogP contribution < -0.4 is 0 Å². The van der Waals surface area contributed by atoms with Crippen molar-refractivity contribution in [2.45, 2.75) is 11.9 Å². The SMILES string of the molecule is Cc1cc(-c2cnc(C(=O)N3CCN(S(=O)(=O)c4cc5cc(Cl)ccc5n4C=O)CC3)nc2)ccn1. The van der Waals surface area contributed by atoms with Gasteiger partial charge in [-0.25, -0.2) is 18.4 Å². The number of sulfonamides is 1. The van der Waals surface area contributed by atoms with E-state index in [0.29, 0.717) is 22.3 Å². The molecule has 1 aliphatic rings. The second-order valence-corrected chi connectivity index (χ2v) is 10.7. The zero-order valence-corrected chi connectivity index (χ0v) is 20.8. The van der Waals surface area contributed by atoms with E-state index in [9.17, 15) is 18.0 Å². The molecule has 0 aliphatic carbocycles. The van der Waals surface area contributed by atoms with E-state index in [1.54, 1.807) is 36.8 Å². The highest BCUT2D eigenvalue weighted by atomic mass is 35.5. The molecule has 4 aromatic rings. The summed E-state index contributed by atoms with van der Waals surface area (Å²) in [6, 6.07) is 9.97. The molecule has 1 aromatic carbocycles. The van der Waals surface area contributed by atoms with Gasteiger partial charge in [0.25, 0.3) is 15.9 Å². The van der Waals surface area contributed by atoms with Crippen LogP contribution in [0.1, 0.15) is 16.3 Å². The largest absolute Gasteiger partial charge is 0.333 e. The third-order valence-electron chi connectivity index (χ3n) is 6.07. The number of benzene rings is 1. The Morgan fingerprint density at radius 2 is 1.69 bits per heavy atom. The Balaban J connectivity index is 1.30. The Labute approximate surface area is 212 Å². The Kier molecular flexibility index (Phi) is 6.29. The van der Waals surface area contributed by atoms with Crippen LogP contribution in [0.15, 0.2) is 60.0 Å². The number of amides is 1. The first-order valence-corrected chi connectivity index (χ1v) is 12.9. The number of pyridine rings is 1. The van der Waals surface area contributed by atoms with Crippen molar-refractivity contribution in [1.82, 2.24) is 28.7 Å². The molecule has 12 heteroatoms. The second-order valence-electron chi connectivity index (χ2n) is 8.34. The van der Waals surface area contributed by atoms with E-state index in [0.717, 1.165) is 21.4 Å². The lowest BCUT2D eigenvalue weighted by Crippen LogP contribution is -2.51. The van der Waals surface area contributed by atoms with Crippen LogP contribution in [0.5, 0.6) is 0 Å². The summed E-state index contributed by atoms with van der Waals surface area (Å²) in [6.07, 6.45) is 5.33. The zero-order chi connectivity index (χ0) is 25.4. The van der Waals surface area contributed by atoms with Crippen molar-refractivity contribution in [1.29, 1.82) is 0 Å². The van der Waals surface area contributed by atoms with Gasteiger partial charge in [-0.3, -0.25) is 19.1 Å². The highest BCUT2D eigenvalue weighted by Crippen LogP contribution is 2.28. The summed E-state index contributed by atoms with van der Waals surface area (Å²) in [5.74, 6) is -0.333. The number of aryl methyl sites for hydroxylation is 1. The number of aromatic nitrogens is 4. The van der Waals surface area contributed by atoms with Gasteiger partial charge in [0.1, 0.15) is 0 Å². The van der Waals surface area contributed by atoms with Crippen molar-refractivity contribution in [3.05, 3.63) is 71.5 Å². The summed E-state index contributed by atoms with van der Waals surface area (Å²) in [4.78, 5) is 38.8. The minimum Gasteiger partial charge on any atom is -0.333 e. The van der Waals surface area contributed by atoms with Gasteiger partial charge in [-0.1, -0.05) is 11.6 Å². The molecule has 0 atom stereocenters. The molecule has 5 rings (SSSR count). The highest BCUT2D eigenvalue weighted by molar-refractivity contribution is 7.89. The lowest BCUT2D eigenvalue weighted by molar-refractivity contribution is 0.0685. The second kappa shape index (κ2) is 9.41. The normalized spacial score (nSPS) is 14.8. The number of fused-ring (bicyclic) bond motifs is 1. The smallest absolute Gasteiger partial charge is 0.291 e. The molecule has 0 bridgehead atoms. The summed E-state index contributed by atoms with van der Waals surface area (Å²) >= 11 is 6.02. The molecular weight excluding hydrogens is 504 g/mol. The molecule has 10 nitrogen and oxygen atoms in total. The quantitative estimate of drug-likeness (QED) is 0.368. The van der Waals surface area contributed by atoms with Gasteiger partial charge in [0, 0.05) is 66.4 Å². The maximum absolute atomic E-state index is 13.3. The molecule has 0 N–H and O–H groups in total. The average Bonchev–Trinajstić information content (AvgIpc) is 3.27. The van der Waals surface area contributed by atoms with E-state index < -0.39 is 10.0 Å². The number of nitrogens with zero attached hydrogens (tertiary/aromatic N) is 6. The molecule has 1 amide bonds. The van der Waals surface area contributed by atoms with E-state index in [1.807, 2.05) is 19.1 Å². The maximum atomic E-state index is 13.3. The fourth-order valence-electron chi connectivity index (χ4n) is 4.21. The van der Waals surface area contributed by atoms with Crippen LogP contribution in [0.4, 0.5) is 0 Å². The molecule has 36 heavy (non-hydrogen) atoms. The molecule has 0 spiro atoms. The summed E-state index contributed by atoms with van der Waals surface area (Å²) in [5, 5.41) is 0.845. The number of carbonyl (C=O) groups is 2. The molecule has 1 fully saturated rings. The monoisotopic (exact) mass is 524 g/mol. The first-order valence-electron chi connectivity index (χ1n) is 11.1. The molecule has 3 aromatic heterocycles. The summed E-state index contributed by atoms with van der Waals surface area (Å²) in [6.45, 7) is 2.36. The van der Waals surface area contributed by atoms with Crippen molar-refractivity contribution < 1.29 is 18.0 Å². The third kappa shape index (κ3) is 4.36. The van der Waals surface area contributed by atoms with Crippen LogP contribution in [0.25, 0.3) is 22.0 Å². The summed E-state index contributed by atoms with van der Waals surface area (Å²) in [5.41, 5.74) is 2.97. The topological polar surface area (TPSA) is 118 Å². The van der Waals surface area contributed by atoms with Gasteiger partial charge in [0.15, 0.2) is 5.03 Å². The average molecular weight is 525 g/mol. The summed E-state index contributed by atoms with van der Waals surface area (Å²) in [7, 11) is -3.99. The molecule has 1 aliphatic heterocycles. The van der Waals surface area contributed by atoms with E-state index in [4.69, 9.17) is 11.6 Å². The fraction of sp³-hybridized carbons (Fsp3) is 0.208. The number of halogens is 1. The zero-order valence-electron chi connectivity index (χ0n) is 19.2. The molecule has 4 heterocycles. The van der Waals surface area contributed by atoms with Gasteiger partial charge >= 0.3 is 0 Å². The van der Waals surface area contributed by atoms with E-state index >= 15 is 0 Å². The molecule has 184 valence electrons. The van der Waals surface area contributed by atoms with E-state index in [2.05, 4.69) is 15.0 Å². The number of rotatable bonds is 5. The Hall–Kier alpha value is -3.67. The fourth-order valence-corrected chi connectivity index (χ4v) is 5.96. The lowest BCUT2D eigenvalue weighted by atomic mass is 10.1. The predicted molar refractivity (Wildman–Crippen MR) is 134 cm³/mol. The van der Waals surface area contributed by atoms with Crippen LogP contribution in [-0.4, -0.2) is 75.6 Å². The maximum Gasteiger partial charge on any atom is 0.291 e. The third-order valence-corrected chi connectivity index (χ3v) is 8.20.